The fraction of sp³-hybridized carbons (Fsp3) is 0.429. The molecule has 5 nitrogen and oxygen atoms in total. The zero-order chi connectivity index (χ0) is 13.8. The van der Waals surface area contributed by atoms with Crippen molar-refractivity contribution in [1.82, 2.24) is 10.6 Å². The molecule has 1 aromatic carbocycles. The van der Waals surface area contributed by atoms with Gasteiger partial charge < -0.3 is 15.7 Å². The number of piperidine rings is 1. The van der Waals surface area contributed by atoms with Gasteiger partial charge in [-0.1, -0.05) is 17.7 Å². The molecule has 1 fully saturated rings. The van der Waals surface area contributed by atoms with Crippen molar-refractivity contribution in [3.8, 4) is 0 Å². The molecule has 102 valence electrons. The Kier molecular flexibility index (Phi) is 4.16. The second-order valence-electron chi connectivity index (χ2n) is 4.97. The molecule has 0 aromatic heterocycles. The van der Waals surface area contributed by atoms with Crippen molar-refractivity contribution in [2.75, 3.05) is 13.1 Å². The first-order valence-corrected chi connectivity index (χ1v) is 6.37. The summed E-state index contributed by atoms with van der Waals surface area (Å²) in [7, 11) is 0. The van der Waals surface area contributed by atoms with Crippen LogP contribution in [0.3, 0.4) is 0 Å². The van der Waals surface area contributed by atoms with Gasteiger partial charge in [-0.25, -0.2) is 0 Å². The average Bonchev–Trinajstić information content (AvgIpc) is 2.39. The van der Waals surface area contributed by atoms with Crippen LogP contribution in [-0.2, 0) is 4.79 Å². The van der Waals surface area contributed by atoms with E-state index in [1.807, 2.05) is 19.1 Å². The minimum atomic E-state index is -0.818. The van der Waals surface area contributed by atoms with E-state index >= 15 is 0 Å². The lowest BCUT2D eigenvalue weighted by Crippen LogP contribution is -2.50. The van der Waals surface area contributed by atoms with Crippen LogP contribution in [0.1, 0.15) is 22.3 Å². The molecule has 2 unspecified atom stereocenters. The maximum absolute atomic E-state index is 12.0. The molecule has 1 aromatic rings. The van der Waals surface area contributed by atoms with Crippen molar-refractivity contribution in [3.05, 3.63) is 35.4 Å². The molecule has 1 amide bonds. The maximum Gasteiger partial charge on any atom is 0.307 e. The molecule has 1 aliphatic heterocycles. The summed E-state index contributed by atoms with van der Waals surface area (Å²) in [4.78, 5) is 23.0. The van der Waals surface area contributed by atoms with Crippen LogP contribution in [0.15, 0.2) is 24.3 Å². The number of aliphatic carboxylic acids is 1. The summed E-state index contributed by atoms with van der Waals surface area (Å²) in [5, 5.41) is 14.9. The van der Waals surface area contributed by atoms with Crippen LogP contribution in [-0.4, -0.2) is 36.1 Å². The number of carboxylic acid groups (broad SMARTS) is 1. The van der Waals surface area contributed by atoms with Crippen molar-refractivity contribution in [3.63, 3.8) is 0 Å². The summed E-state index contributed by atoms with van der Waals surface area (Å²) < 4.78 is 0. The fourth-order valence-corrected chi connectivity index (χ4v) is 2.21. The molecule has 1 heterocycles. The van der Waals surface area contributed by atoms with Crippen LogP contribution in [0.4, 0.5) is 0 Å². The molecule has 2 atom stereocenters. The number of amides is 1. The van der Waals surface area contributed by atoms with E-state index in [1.54, 1.807) is 12.1 Å². The van der Waals surface area contributed by atoms with E-state index in [9.17, 15) is 9.59 Å². The topological polar surface area (TPSA) is 78.4 Å². The van der Waals surface area contributed by atoms with Gasteiger partial charge in [-0.05, 0) is 25.5 Å². The van der Waals surface area contributed by atoms with Gasteiger partial charge in [-0.3, -0.25) is 9.59 Å². The first-order chi connectivity index (χ1) is 9.06. The standard InChI is InChI=1S/C14H18N2O3/c1-9-2-4-10(5-3-9)13(17)16-12-6-11(14(18)19)7-15-8-12/h2-5,11-12,15H,6-8H2,1H3,(H,16,17)(H,18,19). The Morgan fingerprint density at radius 3 is 2.58 bits per heavy atom. The third kappa shape index (κ3) is 3.54. The van der Waals surface area contributed by atoms with E-state index in [0.717, 1.165) is 5.56 Å². The molecule has 0 bridgehead atoms. The molecular weight excluding hydrogens is 244 g/mol. The van der Waals surface area contributed by atoms with E-state index in [0.29, 0.717) is 25.1 Å². The molecule has 2 rings (SSSR count). The zero-order valence-corrected chi connectivity index (χ0v) is 10.8. The Hall–Kier alpha value is -1.88. The third-order valence-corrected chi connectivity index (χ3v) is 3.35. The number of hydrogen-bond acceptors (Lipinski definition) is 3. The molecule has 19 heavy (non-hydrogen) atoms. The molecule has 0 spiro atoms. The minimum absolute atomic E-state index is 0.136. The second-order valence-corrected chi connectivity index (χ2v) is 4.97. The van der Waals surface area contributed by atoms with E-state index in [4.69, 9.17) is 5.11 Å². The lowest BCUT2D eigenvalue weighted by molar-refractivity contribution is -0.142. The largest absolute Gasteiger partial charge is 0.481 e. The van der Waals surface area contributed by atoms with Crippen LogP contribution < -0.4 is 10.6 Å². The summed E-state index contributed by atoms with van der Waals surface area (Å²) in [6, 6.07) is 7.18. The number of benzene rings is 1. The first-order valence-electron chi connectivity index (χ1n) is 6.37. The van der Waals surface area contributed by atoms with E-state index in [2.05, 4.69) is 10.6 Å². The minimum Gasteiger partial charge on any atom is -0.481 e. The Labute approximate surface area is 112 Å². The van der Waals surface area contributed by atoms with E-state index in [1.165, 1.54) is 0 Å². The molecule has 3 N–H and O–H groups in total. The molecule has 0 saturated carbocycles. The quantitative estimate of drug-likeness (QED) is 0.752. The van der Waals surface area contributed by atoms with Gasteiger partial charge in [0.25, 0.3) is 5.91 Å². The van der Waals surface area contributed by atoms with Crippen molar-refractivity contribution < 1.29 is 14.7 Å². The highest BCUT2D eigenvalue weighted by Gasteiger charge is 2.27. The highest BCUT2D eigenvalue weighted by Crippen LogP contribution is 2.12. The van der Waals surface area contributed by atoms with Gasteiger partial charge in [-0.15, -0.1) is 0 Å². The monoisotopic (exact) mass is 262 g/mol. The van der Waals surface area contributed by atoms with Crippen LogP contribution in [0, 0.1) is 12.8 Å². The van der Waals surface area contributed by atoms with Gasteiger partial charge in [0, 0.05) is 24.7 Å². The Bertz CT molecular complexity index is 470. The Morgan fingerprint density at radius 1 is 1.26 bits per heavy atom. The second kappa shape index (κ2) is 5.84. The number of rotatable bonds is 3. The summed E-state index contributed by atoms with van der Waals surface area (Å²) in [5.41, 5.74) is 1.70. The number of carbonyl (C=O) groups excluding carboxylic acids is 1. The smallest absolute Gasteiger partial charge is 0.307 e. The normalized spacial score (nSPS) is 22.8. The number of nitrogens with one attached hydrogen (secondary N) is 2. The van der Waals surface area contributed by atoms with Gasteiger partial charge in [-0.2, -0.15) is 0 Å². The Morgan fingerprint density at radius 2 is 1.95 bits per heavy atom. The van der Waals surface area contributed by atoms with Crippen LogP contribution >= 0.6 is 0 Å². The van der Waals surface area contributed by atoms with Crippen LogP contribution in [0.5, 0.6) is 0 Å². The predicted molar refractivity (Wildman–Crippen MR) is 71.0 cm³/mol. The number of carboxylic acids is 1. The maximum atomic E-state index is 12.0. The summed E-state index contributed by atoms with van der Waals surface area (Å²) in [6.45, 7) is 3.04. The lowest BCUT2D eigenvalue weighted by atomic mass is 9.95. The molecule has 1 aliphatic rings. The fourth-order valence-electron chi connectivity index (χ4n) is 2.21. The van der Waals surface area contributed by atoms with Gasteiger partial charge in [0.2, 0.25) is 0 Å². The van der Waals surface area contributed by atoms with Crippen molar-refractivity contribution in [1.29, 1.82) is 0 Å². The average molecular weight is 262 g/mol. The van der Waals surface area contributed by atoms with Crippen LogP contribution in [0.2, 0.25) is 0 Å². The van der Waals surface area contributed by atoms with Crippen molar-refractivity contribution >= 4 is 11.9 Å². The highest BCUT2D eigenvalue weighted by molar-refractivity contribution is 5.94. The summed E-state index contributed by atoms with van der Waals surface area (Å²) >= 11 is 0. The third-order valence-electron chi connectivity index (χ3n) is 3.35. The molecule has 5 heteroatoms. The Balaban J connectivity index is 1.95. The SMILES string of the molecule is Cc1ccc(C(=O)NC2CNCC(C(=O)O)C2)cc1. The van der Waals surface area contributed by atoms with E-state index in [-0.39, 0.29) is 11.9 Å². The van der Waals surface area contributed by atoms with Gasteiger partial charge >= 0.3 is 5.97 Å². The van der Waals surface area contributed by atoms with Crippen LogP contribution in [0.25, 0.3) is 0 Å². The first kappa shape index (κ1) is 13.5. The highest BCUT2D eigenvalue weighted by atomic mass is 16.4. The molecule has 0 radical (unpaired) electrons. The van der Waals surface area contributed by atoms with Gasteiger partial charge in [0.1, 0.15) is 0 Å². The number of hydrogen-bond donors (Lipinski definition) is 3. The predicted octanol–water partition coefficient (Wildman–Crippen LogP) is 0.788. The molecule has 0 aliphatic carbocycles. The number of aryl methyl sites for hydroxylation is 1. The van der Waals surface area contributed by atoms with Gasteiger partial charge in [0.05, 0.1) is 5.92 Å². The number of carbonyl (C=O) groups is 2. The van der Waals surface area contributed by atoms with E-state index < -0.39 is 11.9 Å². The van der Waals surface area contributed by atoms with Crippen molar-refractivity contribution in [2.45, 2.75) is 19.4 Å². The van der Waals surface area contributed by atoms with Gasteiger partial charge in [0.15, 0.2) is 0 Å². The molecular formula is C14H18N2O3. The summed E-state index contributed by atoms with van der Waals surface area (Å²) in [5.74, 6) is -1.41. The summed E-state index contributed by atoms with van der Waals surface area (Å²) in [6.07, 6.45) is 0.472. The van der Waals surface area contributed by atoms with Crippen molar-refractivity contribution in [2.24, 2.45) is 5.92 Å². The zero-order valence-electron chi connectivity index (χ0n) is 10.8. The molecule has 1 saturated heterocycles. The lowest BCUT2D eigenvalue weighted by Gasteiger charge is -2.28.